The van der Waals surface area contributed by atoms with Crippen LogP contribution >= 0.6 is 0 Å². The fourth-order valence-corrected chi connectivity index (χ4v) is 1.13. The van der Waals surface area contributed by atoms with Gasteiger partial charge in [-0.2, -0.15) is 0 Å². The Bertz CT molecular complexity index is 150. The van der Waals surface area contributed by atoms with Gasteiger partial charge in [0.15, 0.2) is 6.29 Å². The van der Waals surface area contributed by atoms with Gasteiger partial charge in [-0.05, 0) is 0 Å². The number of aliphatic hydroxyl groups is 4. The maximum Gasteiger partial charge on any atom is 0.184 e. The summed E-state index contributed by atoms with van der Waals surface area (Å²) in [7, 11) is 0. The Hall–Kier alpha value is -0.240. The molecule has 1 rings (SSSR count). The molecule has 6 heteroatoms. The first-order chi connectivity index (χ1) is 5.57. The molecule has 3 unspecified atom stereocenters. The lowest BCUT2D eigenvalue weighted by Gasteiger charge is -2.37. The van der Waals surface area contributed by atoms with Gasteiger partial charge in [-0.25, -0.2) is 0 Å². The van der Waals surface area contributed by atoms with Crippen molar-refractivity contribution in [2.24, 2.45) is 5.73 Å². The van der Waals surface area contributed by atoms with Crippen LogP contribution in [0.25, 0.3) is 0 Å². The van der Waals surface area contributed by atoms with Crippen LogP contribution < -0.4 is 5.73 Å². The summed E-state index contributed by atoms with van der Waals surface area (Å²) in [5.41, 5.74) is 5.17. The number of rotatable bonds is 1. The van der Waals surface area contributed by atoms with Gasteiger partial charge in [0, 0.05) is 6.54 Å². The van der Waals surface area contributed by atoms with Crippen molar-refractivity contribution in [3.8, 4) is 0 Å². The first-order valence-corrected chi connectivity index (χ1v) is 3.65. The summed E-state index contributed by atoms with van der Waals surface area (Å²) in [6.07, 6.45) is -6.48. The molecule has 1 aliphatic heterocycles. The number of hydrogen-bond acceptors (Lipinski definition) is 6. The van der Waals surface area contributed by atoms with Gasteiger partial charge in [0.2, 0.25) is 0 Å². The first-order valence-electron chi connectivity index (χ1n) is 3.65. The monoisotopic (exact) mass is 179 g/mol. The maximum absolute atomic E-state index is 9.20. The molecular formula is C6H13NO5. The van der Waals surface area contributed by atoms with Gasteiger partial charge in [-0.15, -0.1) is 0 Å². The summed E-state index contributed by atoms with van der Waals surface area (Å²) in [4.78, 5) is 0. The molecule has 12 heavy (non-hydrogen) atoms. The van der Waals surface area contributed by atoms with E-state index < -0.39 is 30.7 Å². The molecule has 0 spiro atoms. The van der Waals surface area contributed by atoms with Crippen LogP contribution in [0.4, 0.5) is 0 Å². The third-order valence-corrected chi connectivity index (χ3v) is 1.92. The predicted molar refractivity (Wildman–Crippen MR) is 38.0 cm³/mol. The molecule has 1 aliphatic rings. The van der Waals surface area contributed by atoms with Crippen molar-refractivity contribution >= 4 is 0 Å². The molecule has 6 nitrogen and oxygen atoms in total. The van der Waals surface area contributed by atoms with Gasteiger partial charge in [0.1, 0.15) is 24.4 Å². The van der Waals surface area contributed by atoms with E-state index in [1.165, 1.54) is 0 Å². The van der Waals surface area contributed by atoms with E-state index in [4.69, 9.17) is 25.8 Å². The lowest BCUT2D eigenvalue weighted by molar-refractivity contribution is -0.279. The molecule has 0 aromatic rings. The zero-order valence-corrected chi connectivity index (χ0v) is 6.37. The summed E-state index contributed by atoms with van der Waals surface area (Å²) in [6.45, 7) is -0.0258. The van der Waals surface area contributed by atoms with Gasteiger partial charge in [-0.3, -0.25) is 0 Å². The molecule has 0 radical (unpaired) electrons. The van der Waals surface area contributed by atoms with Gasteiger partial charge < -0.3 is 30.9 Å². The summed E-state index contributed by atoms with van der Waals surface area (Å²) in [6, 6.07) is 0. The molecule has 72 valence electrons. The summed E-state index contributed by atoms with van der Waals surface area (Å²) >= 11 is 0. The van der Waals surface area contributed by atoms with Crippen LogP contribution in [-0.4, -0.2) is 57.7 Å². The smallest absolute Gasteiger partial charge is 0.184 e. The zero-order chi connectivity index (χ0) is 9.30. The van der Waals surface area contributed by atoms with E-state index in [2.05, 4.69) is 0 Å². The number of aliphatic hydroxyl groups excluding tert-OH is 4. The maximum atomic E-state index is 9.20. The Morgan fingerprint density at radius 3 is 2.08 bits per heavy atom. The standard InChI is InChI=1S/C6H13NO5/c7-1-2-3(8)4(9)5(10)6(11)12-2/h2-6,8-11H,1,7H2/t2?,3-,4?,5-,6?/m1/s1. The normalized spacial score (nSPS) is 49.2. The molecule has 1 saturated heterocycles. The largest absolute Gasteiger partial charge is 0.388 e. The number of hydrogen-bond donors (Lipinski definition) is 5. The molecule has 0 aromatic carbocycles. The summed E-state index contributed by atoms with van der Waals surface area (Å²) in [5.74, 6) is 0. The van der Waals surface area contributed by atoms with Gasteiger partial charge in [0.05, 0.1) is 0 Å². The van der Waals surface area contributed by atoms with E-state index in [1.54, 1.807) is 0 Å². The van der Waals surface area contributed by atoms with Gasteiger partial charge >= 0.3 is 0 Å². The highest BCUT2D eigenvalue weighted by atomic mass is 16.6. The van der Waals surface area contributed by atoms with E-state index in [1.807, 2.05) is 0 Å². The second kappa shape index (κ2) is 3.65. The van der Waals surface area contributed by atoms with E-state index in [0.29, 0.717) is 0 Å². The van der Waals surface area contributed by atoms with Crippen molar-refractivity contribution in [3.63, 3.8) is 0 Å². The minimum Gasteiger partial charge on any atom is -0.388 e. The first kappa shape index (κ1) is 9.85. The lowest BCUT2D eigenvalue weighted by Crippen LogP contribution is -2.59. The molecule has 1 heterocycles. The van der Waals surface area contributed by atoms with Crippen molar-refractivity contribution in [2.45, 2.75) is 30.7 Å². The van der Waals surface area contributed by atoms with Crippen molar-refractivity contribution < 1.29 is 25.2 Å². The van der Waals surface area contributed by atoms with Crippen LogP contribution in [0.2, 0.25) is 0 Å². The summed E-state index contributed by atoms with van der Waals surface area (Å²) < 4.78 is 4.70. The molecule has 6 N–H and O–H groups in total. The Labute approximate surface area is 69.2 Å². The fourth-order valence-electron chi connectivity index (χ4n) is 1.13. The Morgan fingerprint density at radius 2 is 1.58 bits per heavy atom. The van der Waals surface area contributed by atoms with Crippen molar-refractivity contribution in [2.75, 3.05) is 6.54 Å². The topological polar surface area (TPSA) is 116 Å². The van der Waals surface area contributed by atoms with Gasteiger partial charge in [0.25, 0.3) is 0 Å². The lowest BCUT2D eigenvalue weighted by atomic mass is 9.99. The minimum atomic E-state index is -1.49. The Morgan fingerprint density at radius 1 is 1.00 bits per heavy atom. The number of nitrogens with two attached hydrogens (primary N) is 1. The highest BCUT2D eigenvalue weighted by Crippen LogP contribution is 2.18. The van der Waals surface area contributed by atoms with E-state index in [-0.39, 0.29) is 6.54 Å². The van der Waals surface area contributed by atoms with Crippen LogP contribution in [0, 0.1) is 0 Å². The third kappa shape index (κ3) is 1.58. The molecule has 0 aliphatic carbocycles. The molecule has 0 aromatic heterocycles. The van der Waals surface area contributed by atoms with Crippen LogP contribution in [0.3, 0.4) is 0 Å². The average molecular weight is 179 g/mol. The highest BCUT2D eigenvalue weighted by molar-refractivity contribution is 4.88. The molecular weight excluding hydrogens is 166 g/mol. The van der Waals surface area contributed by atoms with E-state index in [9.17, 15) is 5.11 Å². The Balaban J connectivity index is 2.63. The minimum absolute atomic E-state index is 0.0258. The molecule has 1 fully saturated rings. The second-order valence-electron chi connectivity index (χ2n) is 2.77. The Kier molecular flexibility index (Phi) is 2.99. The van der Waals surface area contributed by atoms with Crippen LogP contribution in [0.15, 0.2) is 0 Å². The highest BCUT2D eigenvalue weighted by Gasteiger charge is 2.42. The number of ether oxygens (including phenoxy) is 1. The van der Waals surface area contributed by atoms with Crippen LogP contribution in [-0.2, 0) is 4.74 Å². The van der Waals surface area contributed by atoms with Gasteiger partial charge in [-0.1, -0.05) is 0 Å². The molecule has 0 amide bonds. The van der Waals surface area contributed by atoms with Crippen molar-refractivity contribution in [1.82, 2.24) is 0 Å². The quantitative estimate of drug-likeness (QED) is 0.288. The van der Waals surface area contributed by atoms with Crippen LogP contribution in [0.5, 0.6) is 0 Å². The molecule has 5 atom stereocenters. The molecule has 0 bridgehead atoms. The third-order valence-electron chi connectivity index (χ3n) is 1.92. The summed E-state index contributed by atoms with van der Waals surface area (Å²) in [5, 5.41) is 36.3. The molecule has 0 saturated carbocycles. The predicted octanol–water partition coefficient (Wildman–Crippen LogP) is -3.25. The van der Waals surface area contributed by atoms with E-state index in [0.717, 1.165) is 0 Å². The van der Waals surface area contributed by atoms with Crippen molar-refractivity contribution in [3.05, 3.63) is 0 Å². The van der Waals surface area contributed by atoms with Crippen molar-refractivity contribution in [1.29, 1.82) is 0 Å². The fraction of sp³-hybridized carbons (Fsp3) is 1.00. The van der Waals surface area contributed by atoms with Crippen LogP contribution in [0.1, 0.15) is 0 Å². The average Bonchev–Trinajstić information content (AvgIpc) is 2.08. The second-order valence-corrected chi connectivity index (χ2v) is 2.77. The SMILES string of the molecule is NCC1OC(O)[C@H](O)C(O)[C@@H]1O. The van der Waals surface area contributed by atoms with E-state index >= 15 is 0 Å². The zero-order valence-electron chi connectivity index (χ0n) is 6.37.